The van der Waals surface area contributed by atoms with Gasteiger partial charge in [-0.25, -0.2) is 0 Å². The van der Waals surface area contributed by atoms with Gasteiger partial charge in [0, 0.05) is 27.8 Å². The van der Waals surface area contributed by atoms with E-state index < -0.39 is 5.41 Å². The van der Waals surface area contributed by atoms with E-state index in [0.717, 1.165) is 5.69 Å². The molecule has 0 aliphatic heterocycles. The van der Waals surface area contributed by atoms with Crippen molar-refractivity contribution < 1.29 is 0 Å². The van der Waals surface area contributed by atoms with Crippen LogP contribution in [0.1, 0.15) is 143 Å². The van der Waals surface area contributed by atoms with Crippen molar-refractivity contribution >= 4 is 17.1 Å². The molecule has 0 bridgehead atoms. The van der Waals surface area contributed by atoms with Crippen molar-refractivity contribution in [2.75, 3.05) is 4.90 Å². The second-order valence-electron chi connectivity index (χ2n) is 24.7. The molecule has 0 saturated heterocycles. The Kier molecular flexibility index (Phi) is 9.39. The summed E-state index contributed by atoms with van der Waals surface area (Å²) in [7, 11) is 0. The molecule has 0 atom stereocenters. The molecule has 5 aliphatic carbocycles. The van der Waals surface area contributed by atoms with Gasteiger partial charge in [-0.05, 0) is 160 Å². The number of benzene rings is 9. The van der Waals surface area contributed by atoms with E-state index in [0.29, 0.717) is 0 Å². The quantitative estimate of drug-likeness (QED) is 0.170. The highest BCUT2D eigenvalue weighted by molar-refractivity contribution is 6.02. The third kappa shape index (κ3) is 6.09. The highest BCUT2D eigenvalue weighted by Crippen LogP contribution is 2.66. The lowest BCUT2D eigenvalue weighted by Crippen LogP contribution is -2.28. The van der Waals surface area contributed by atoms with E-state index >= 15 is 0 Å². The van der Waals surface area contributed by atoms with Crippen LogP contribution in [-0.2, 0) is 27.1 Å². The zero-order valence-electron chi connectivity index (χ0n) is 43.9. The second-order valence-corrected chi connectivity index (χ2v) is 24.7. The molecule has 0 radical (unpaired) electrons. The molecule has 0 heterocycles. The monoisotopic (exact) mass is 944 g/mol. The molecule has 9 aromatic rings. The summed E-state index contributed by atoms with van der Waals surface area (Å²) in [6.07, 6.45) is 6.22. The summed E-state index contributed by atoms with van der Waals surface area (Å²) in [4.78, 5) is 2.63. The number of rotatable bonds is 4. The largest absolute Gasteiger partial charge is 0.310 e. The minimum atomic E-state index is -0.506. The molecule has 1 nitrogen and oxygen atoms in total. The van der Waals surface area contributed by atoms with E-state index in [1.54, 1.807) is 0 Å². The molecule has 14 rings (SSSR count). The van der Waals surface area contributed by atoms with Gasteiger partial charge < -0.3 is 4.90 Å². The molecule has 9 aromatic carbocycles. The van der Waals surface area contributed by atoms with Crippen LogP contribution in [0.15, 0.2) is 188 Å². The first kappa shape index (κ1) is 44.5. The number of anilines is 3. The van der Waals surface area contributed by atoms with Crippen LogP contribution in [0, 0.1) is 0 Å². The molecule has 0 N–H and O–H groups in total. The van der Waals surface area contributed by atoms with Crippen LogP contribution in [0.3, 0.4) is 0 Å². The third-order valence-corrected chi connectivity index (χ3v) is 18.4. The van der Waals surface area contributed by atoms with Crippen molar-refractivity contribution in [3.63, 3.8) is 0 Å². The molecule has 0 aromatic heterocycles. The van der Waals surface area contributed by atoms with Gasteiger partial charge in [0.1, 0.15) is 0 Å². The Morgan fingerprint density at radius 1 is 0.370 bits per heavy atom. The van der Waals surface area contributed by atoms with Crippen LogP contribution in [0.2, 0.25) is 0 Å². The van der Waals surface area contributed by atoms with Gasteiger partial charge in [-0.2, -0.15) is 0 Å². The smallest absolute Gasteiger partial charge is 0.0726 e. The standard InChI is InChI=1S/C72H65N/c1-68(2,3)46-32-37-54-55-38-33-47(69(4,5)6)43-64(55)72(63(54)42-46)60-27-15-12-22-57(60)66-61(72)28-19-29-65(66)73(49-36-39-53-51-20-11-14-26-59(51)71(62(53)44-49)40-16-9-17-41-71)48-34-30-45(31-35-48)50-23-18-24-56-52-21-10-13-25-58(52)70(7,8)67(50)56/h10-15,18-39,42-44H,9,16-17,40-41H2,1-8H3. The predicted molar refractivity (Wildman–Crippen MR) is 307 cm³/mol. The summed E-state index contributed by atoms with van der Waals surface area (Å²) in [6, 6.07) is 73.8. The molecule has 1 heteroatoms. The number of fused-ring (bicyclic) bond motifs is 18. The summed E-state index contributed by atoms with van der Waals surface area (Å²) in [5, 5.41) is 0. The van der Waals surface area contributed by atoms with Crippen LogP contribution < -0.4 is 4.90 Å². The summed E-state index contributed by atoms with van der Waals surface area (Å²) < 4.78 is 0. The minimum absolute atomic E-state index is 0.0180. The van der Waals surface area contributed by atoms with Crippen molar-refractivity contribution in [2.24, 2.45) is 0 Å². The predicted octanol–water partition coefficient (Wildman–Crippen LogP) is 19.3. The lowest BCUT2D eigenvalue weighted by Gasteiger charge is -2.37. The first-order chi connectivity index (χ1) is 35.2. The molecular weight excluding hydrogens is 879 g/mol. The Morgan fingerprint density at radius 3 is 1.52 bits per heavy atom. The first-order valence-corrected chi connectivity index (χ1v) is 27.1. The topological polar surface area (TPSA) is 3.24 Å². The van der Waals surface area contributed by atoms with Crippen LogP contribution in [0.5, 0.6) is 0 Å². The molecular formula is C72H65N. The summed E-state index contributed by atoms with van der Waals surface area (Å²) in [6.45, 7) is 18.9. The Balaban J connectivity index is 1.02. The van der Waals surface area contributed by atoms with Crippen LogP contribution in [-0.4, -0.2) is 0 Å². The number of hydrogen-bond acceptors (Lipinski definition) is 1. The highest BCUT2D eigenvalue weighted by atomic mass is 15.1. The average molecular weight is 944 g/mol. The molecule has 0 amide bonds. The lowest BCUT2D eigenvalue weighted by molar-refractivity contribution is 0.353. The van der Waals surface area contributed by atoms with Crippen molar-refractivity contribution in [2.45, 2.75) is 115 Å². The molecule has 0 unspecified atom stereocenters. The first-order valence-electron chi connectivity index (χ1n) is 27.1. The fourth-order valence-electron chi connectivity index (χ4n) is 14.9. The fourth-order valence-corrected chi connectivity index (χ4v) is 14.9. The Bertz CT molecular complexity index is 3700. The van der Waals surface area contributed by atoms with E-state index in [1.165, 1.54) is 155 Å². The van der Waals surface area contributed by atoms with Gasteiger partial charge in [0.05, 0.1) is 11.1 Å². The third-order valence-electron chi connectivity index (χ3n) is 18.4. The summed E-state index contributed by atoms with van der Waals surface area (Å²) in [5.41, 5.74) is 30.5. The highest BCUT2D eigenvalue weighted by Gasteiger charge is 2.53. The van der Waals surface area contributed by atoms with Crippen molar-refractivity contribution in [3.05, 3.63) is 244 Å². The van der Waals surface area contributed by atoms with E-state index in [9.17, 15) is 0 Å². The summed E-state index contributed by atoms with van der Waals surface area (Å²) in [5.74, 6) is 0. The van der Waals surface area contributed by atoms with Gasteiger partial charge in [0.15, 0.2) is 0 Å². The van der Waals surface area contributed by atoms with Crippen LogP contribution in [0.4, 0.5) is 17.1 Å². The van der Waals surface area contributed by atoms with Crippen LogP contribution >= 0.6 is 0 Å². The lowest BCUT2D eigenvalue weighted by atomic mass is 9.68. The zero-order chi connectivity index (χ0) is 49.8. The van der Waals surface area contributed by atoms with Gasteiger partial charge in [0.2, 0.25) is 0 Å². The van der Waals surface area contributed by atoms with Gasteiger partial charge >= 0.3 is 0 Å². The molecule has 1 saturated carbocycles. The Hall–Kier alpha value is -7.22. The maximum Gasteiger partial charge on any atom is 0.0726 e. The zero-order valence-corrected chi connectivity index (χ0v) is 43.9. The van der Waals surface area contributed by atoms with E-state index in [4.69, 9.17) is 0 Å². The van der Waals surface area contributed by atoms with Gasteiger partial charge in [-0.3, -0.25) is 0 Å². The second kappa shape index (κ2) is 15.4. The van der Waals surface area contributed by atoms with E-state index in [2.05, 4.69) is 248 Å². The van der Waals surface area contributed by atoms with E-state index in [1.807, 2.05) is 0 Å². The SMILES string of the molecule is CC(C)(C)c1ccc2c(c1)C1(c3cc(C(C)(C)C)ccc3-2)c2ccccc2-c2c(N(c3ccc(-c4cccc5c4C(C)(C)c4ccccc4-5)cc3)c3ccc4c(c3)C3(CCCCC3)c3ccccc3-4)cccc21. The van der Waals surface area contributed by atoms with Gasteiger partial charge in [-0.15, -0.1) is 0 Å². The molecule has 5 aliphatic rings. The van der Waals surface area contributed by atoms with Crippen LogP contribution in [0.25, 0.3) is 55.6 Å². The van der Waals surface area contributed by atoms with Gasteiger partial charge in [-0.1, -0.05) is 232 Å². The fraction of sp³-hybridized carbons (Fsp3) is 0.250. The van der Waals surface area contributed by atoms with Crippen molar-refractivity contribution in [1.29, 1.82) is 0 Å². The summed E-state index contributed by atoms with van der Waals surface area (Å²) >= 11 is 0. The molecule has 2 spiro atoms. The maximum absolute atomic E-state index is 2.63. The molecule has 358 valence electrons. The molecule has 73 heavy (non-hydrogen) atoms. The number of nitrogens with zero attached hydrogens (tertiary/aromatic N) is 1. The average Bonchev–Trinajstić information content (AvgIpc) is 4.07. The normalized spacial score (nSPS) is 16.5. The van der Waals surface area contributed by atoms with Gasteiger partial charge in [0.25, 0.3) is 0 Å². The van der Waals surface area contributed by atoms with Crippen molar-refractivity contribution in [3.8, 4) is 55.6 Å². The Labute approximate surface area is 433 Å². The Morgan fingerprint density at radius 2 is 0.863 bits per heavy atom. The van der Waals surface area contributed by atoms with Crippen molar-refractivity contribution in [1.82, 2.24) is 0 Å². The van der Waals surface area contributed by atoms with E-state index in [-0.39, 0.29) is 21.7 Å². The minimum Gasteiger partial charge on any atom is -0.310 e. The maximum atomic E-state index is 2.63. The number of hydrogen-bond donors (Lipinski definition) is 0. The molecule has 1 fully saturated rings.